The van der Waals surface area contributed by atoms with Crippen molar-refractivity contribution in [1.29, 1.82) is 5.26 Å². The van der Waals surface area contributed by atoms with E-state index in [4.69, 9.17) is 5.26 Å². The number of nitriles is 1. The first-order valence-electron chi connectivity index (χ1n) is 6.22. The molecular formula is C14H15BrN2. The van der Waals surface area contributed by atoms with Crippen LogP contribution < -0.4 is 5.32 Å². The summed E-state index contributed by atoms with van der Waals surface area (Å²) in [5.74, 6) is 1.80. The number of halogens is 1. The van der Waals surface area contributed by atoms with Gasteiger partial charge >= 0.3 is 0 Å². The molecule has 3 heteroatoms. The van der Waals surface area contributed by atoms with Crippen molar-refractivity contribution >= 4 is 21.6 Å². The number of hydrogen-bond donors (Lipinski definition) is 1. The highest BCUT2D eigenvalue weighted by Gasteiger charge is 2.39. The first-order valence-corrected chi connectivity index (χ1v) is 7.01. The molecule has 1 aromatic rings. The quantitative estimate of drug-likeness (QED) is 0.896. The molecule has 1 N–H and O–H groups in total. The molecule has 2 saturated carbocycles. The monoisotopic (exact) mass is 290 g/mol. The van der Waals surface area contributed by atoms with E-state index in [-0.39, 0.29) is 0 Å². The number of rotatable bonds is 2. The van der Waals surface area contributed by atoms with Gasteiger partial charge in [-0.25, -0.2) is 0 Å². The van der Waals surface area contributed by atoms with E-state index in [1.165, 1.54) is 25.7 Å². The molecule has 1 aromatic carbocycles. The molecular weight excluding hydrogens is 276 g/mol. The second-order valence-electron chi connectivity index (χ2n) is 5.27. The van der Waals surface area contributed by atoms with Gasteiger partial charge in [-0.1, -0.05) is 22.4 Å². The van der Waals surface area contributed by atoms with Crippen LogP contribution in [0.1, 0.15) is 31.2 Å². The molecule has 0 saturated heterocycles. The zero-order chi connectivity index (χ0) is 11.8. The standard InChI is InChI=1S/C14H15BrN2/c15-12-4-10(8-16)5-13(7-12)17-14-6-9-1-2-11(14)3-9/h4-5,7,9,11,14,17H,1-3,6H2. The molecule has 3 atom stereocenters. The van der Waals surface area contributed by atoms with Gasteiger partial charge in [0.2, 0.25) is 0 Å². The van der Waals surface area contributed by atoms with Gasteiger partial charge in [0.25, 0.3) is 0 Å². The fraction of sp³-hybridized carbons (Fsp3) is 0.500. The van der Waals surface area contributed by atoms with Gasteiger partial charge < -0.3 is 5.32 Å². The lowest BCUT2D eigenvalue weighted by Crippen LogP contribution is -2.25. The molecule has 3 rings (SSSR count). The predicted octanol–water partition coefficient (Wildman–Crippen LogP) is 3.92. The van der Waals surface area contributed by atoms with E-state index in [9.17, 15) is 0 Å². The summed E-state index contributed by atoms with van der Waals surface area (Å²) in [4.78, 5) is 0. The Morgan fingerprint density at radius 1 is 1.24 bits per heavy atom. The summed E-state index contributed by atoms with van der Waals surface area (Å²) in [6.07, 6.45) is 5.50. The second kappa shape index (κ2) is 4.34. The minimum absolute atomic E-state index is 0.620. The van der Waals surface area contributed by atoms with Gasteiger partial charge in [-0.3, -0.25) is 0 Å². The summed E-state index contributed by atoms with van der Waals surface area (Å²) in [6, 6.07) is 8.67. The highest BCUT2D eigenvalue weighted by molar-refractivity contribution is 9.10. The van der Waals surface area contributed by atoms with Gasteiger partial charge in [-0.2, -0.15) is 5.26 Å². The lowest BCUT2D eigenvalue weighted by molar-refractivity contribution is 0.440. The Hall–Kier alpha value is -1.01. The van der Waals surface area contributed by atoms with E-state index in [0.29, 0.717) is 11.6 Å². The van der Waals surface area contributed by atoms with Crippen molar-refractivity contribution in [2.75, 3.05) is 5.32 Å². The predicted molar refractivity (Wildman–Crippen MR) is 71.7 cm³/mol. The number of nitrogens with zero attached hydrogens (tertiary/aromatic N) is 1. The van der Waals surface area contributed by atoms with Crippen LogP contribution in [0, 0.1) is 23.2 Å². The third-order valence-corrected chi connectivity index (χ3v) is 4.57. The average molecular weight is 291 g/mol. The van der Waals surface area contributed by atoms with Crippen molar-refractivity contribution in [3.63, 3.8) is 0 Å². The maximum Gasteiger partial charge on any atom is 0.0992 e. The van der Waals surface area contributed by atoms with Crippen LogP contribution in [0.2, 0.25) is 0 Å². The summed E-state index contributed by atoms with van der Waals surface area (Å²) in [7, 11) is 0. The van der Waals surface area contributed by atoms with Crippen molar-refractivity contribution < 1.29 is 0 Å². The molecule has 0 aliphatic heterocycles. The fourth-order valence-electron chi connectivity index (χ4n) is 3.37. The molecule has 0 aromatic heterocycles. The summed E-state index contributed by atoms with van der Waals surface area (Å²) in [5.41, 5.74) is 1.79. The number of fused-ring (bicyclic) bond motifs is 2. The molecule has 3 unspecified atom stereocenters. The summed E-state index contributed by atoms with van der Waals surface area (Å²) in [5, 5.41) is 12.6. The number of nitrogens with one attached hydrogen (secondary N) is 1. The van der Waals surface area contributed by atoms with E-state index in [2.05, 4.69) is 33.4 Å². The number of benzene rings is 1. The Bertz CT molecular complexity index is 478. The molecule has 88 valence electrons. The second-order valence-corrected chi connectivity index (χ2v) is 6.18. The number of hydrogen-bond acceptors (Lipinski definition) is 2. The first kappa shape index (κ1) is 11.1. The van der Waals surface area contributed by atoms with Crippen LogP contribution in [0.5, 0.6) is 0 Å². The Balaban J connectivity index is 1.77. The highest BCUT2D eigenvalue weighted by atomic mass is 79.9. The molecule has 2 aliphatic carbocycles. The van der Waals surface area contributed by atoms with Gasteiger partial charge in [0.05, 0.1) is 11.6 Å². The number of anilines is 1. The lowest BCUT2D eigenvalue weighted by atomic mass is 9.95. The third-order valence-electron chi connectivity index (χ3n) is 4.12. The summed E-state index contributed by atoms with van der Waals surface area (Å²) >= 11 is 3.45. The maximum atomic E-state index is 8.95. The topological polar surface area (TPSA) is 35.8 Å². The SMILES string of the molecule is N#Cc1cc(Br)cc(NC2CC3CCC2C3)c1. The molecule has 17 heavy (non-hydrogen) atoms. The smallest absolute Gasteiger partial charge is 0.0992 e. The van der Waals surface area contributed by atoms with E-state index >= 15 is 0 Å². The van der Waals surface area contributed by atoms with Gasteiger partial charge in [-0.05, 0) is 49.3 Å². The molecule has 0 radical (unpaired) electrons. The zero-order valence-corrected chi connectivity index (χ0v) is 11.2. The lowest BCUT2D eigenvalue weighted by Gasteiger charge is -2.24. The van der Waals surface area contributed by atoms with Crippen molar-refractivity contribution in [2.45, 2.75) is 31.7 Å². The van der Waals surface area contributed by atoms with Crippen molar-refractivity contribution in [3.8, 4) is 6.07 Å². The van der Waals surface area contributed by atoms with Crippen LogP contribution in [0.25, 0.3) is 0 Å². The minimum Gasteiger partial charge on any atom is -0.382 e. The molecule has 0 amide bonds. The van der Waals surface area contributed by atoms with Crippen molar-refractivity contribution in [2.24, 2.45) is 11.8 Å². The Kier molecular flexibility index (Phi) is 2.84. The van der Waals surface area contributed by atoms with E-state index < -0.39 is 0 Å². The largest absolute Gasteiger partial charge is 0.382 e. The summed E-state index contributed by atoms with van der Waals surface area (Å²) in [6.45, 7) is 0. The van der Waals surface area contributed by atoms with Crippen LogP contribution in [0.15, 0.2) is 22.7 Å². The Labute approximate surface area is 110 Å². The molecule has 2 nitrogen and oxygen atoms in total. The maximum absolute atomic E-state index is 8.95. The molecule has 2 fully saturated rings. The van der Waals surface area contributed by atoms with Crippen LogP contribution in [0.4, 0.5) is 5.69 Å². The zero-order valence-electron chi connectivity index (χ0n) is 9.62. The van der Waals surface area contributed by atoms with E-state index in [1.54, 1.807) is 0 Å². The molecule has 0 spiro atoms. The van der Waals surface area contributed by atoms with Gasteiger partial charge in [0.1, 0.15) is 0 Å². The highest BCUT2D eigenvalue weighted by Crippen LogP contribution is 2.45. The van der Waals surface area contributed by atoms with Crippen LogP contribution in [-0.4, -0.2) is 6.04 Å². The van der Waals surface area contributed by atoms with Crippen LogP contribution in [-0.2, 0) is 0 Å². The molecule has 2 bridgehead atoms. The Morgan fingerprint density at radius 3 is 2.76 bits per heavy atom. The fourth-order valence-corrected chi connectivity index (χ4v) is 3.87. The van der Waals surface area contributed by atoms with Crippen molar-refractivity contribution in [3.05, 3.63) is 28.2 Å². The van der Waals surface area contributed by atoms with Crippen molar-refractivity contribution in [1.82, 2.24) is 0 Å². The normalized spacial score (nSPS) is 30.2. The average Bonchev–Trinajstić information content (AvgIpc) is 2.90. The molecule has 2 aliphatic rings. The van der Waals surface area contributed by atoms with E-state index in [1.807, 2.05) is 12.1 Å². The summed E-state index contributed by atoms with van der Waals surface area (Å²) < 4.78 is 0.974. The third kappa shape index (κ3) is 2.19. The molecule has 0 heterocycles. The van der Waals surface area contributed by atoms with Gasteiger partial charge in [-0.15, -0.1) is 0 Å². The first-order chi connectivity index (χ1) is 8.24. The van der Waals surface area contributed by atoms with Gasteiger partial charge in [0, 0.05) is 16.2 Å². The van der Waals surface area contributed by atoms with Crippen LogP contribution in [0.3, 0.4) is 0 Å². The Morgan fingerprint density at radius 2 is 2.12 bits per heavy atom. The van der Waals surface area contributed by atoms with E-state index in [0.717, 1.165) is 22.0 Å². The van der Waals surface area contributed by atoms with Gasteiger partial charge in [0.15, 0.2) is 0 Å². The van der Waals surface area contributed by atoms with Crippen LogP contribution >= 0.6 is 15.9 Å². The minimum atomic E-state index is 0.620.